The van der Waals surface area contributed by atoms with Gasteiger partial charge in [0.15, 0.2) is 0 Å². The van der Waals surface area contributed by atoms with E-state index in [1.807, 2.05) is 0 Å². The minimum absolute atomic E-state index is 0.318. The first kappa shape index (κ1) is 40.7. The highest BCUT2D eigenvalue weighted by Crippen LogP contribution is 2.72. The second-order valence-corrected chi connectivity index (χ2v) is 23.5. The fourth-order valence-corrected chi connectivity index (χ4v) is 11.7. The van der Waals surface area contributed by atoms with E-state index in [1.165, 1.54) is 88.8 Å². The molecule has 4 aliphatic rings. The first-order valence-corrected chi connectivity index (χ1v) is 23.6. The normalized spacial score (nSPS) is 38.7. The van der Waals surface area contributed by atoms with Crippen LogP contribution in [0.4, 0.5) is 0 Å². The number of allylic oxidation sites excluding steroid dienone is 3. The van der Waals surface area contributed by atoms with Crippen LogP contribution >= 0.6 is 16.5 Å². The summed E-state index contributed by atoms with van der Waals surface area (Å²) in [7, 11) is 3.12. The molecule has 3 heteroatoms. The van der Waals surface area contributed by atoms with E-state index in [1.54, 1.807) is 11.1 Å². The predicted molar refractivity (Wildman–Crippen MR) is 214 cm³/mol. The highest BCUT2D eigenvalue weighted by Gasteiger charge is 2.63. The maximum atomic E-state index is 5.94. The van der Waals surface area contributed by atoms with Gasteiger partial charge in [-0.15, -0.1) is 8.93 Å². The fraction of sp³-hybridized carbons (Fsp3) is 0.907. The summed E-state index contributed by atoms with van der Waals surface area (Å²) in [5.74, 6) is 7.86. The lowest BCUT2D eigenvalue weighted by atomic mass is 9.39. The molecule has 4 saturated carbocycles. The van der Waals surface area contributed by atoms with Crippen molar-refractivity contribution < 1.29 is 0 Å². The van der Waals surface area contributed by atoms with Crippen LogP contribution in [0.25, 0.3) is 0 Å². The van der Waals surface area contributed by atoms with Gasteiger partial charge in [0.25, 0.3) is 0 Å². The summed E-state index contributed by atoms with van der Waals surface area (Å²) >= 11 is 0. The van der Waals surface area contributed by atoms with Gasteiger partial charge >= 0.3 is 0 Å². The van der Waals surface area contributed by atoms with E-state index >= 15 is 0 Å². The molecule has 0 spiro atoms. The van der Waals surface area contributed by atoms with Gasteiger partial charge in [-0.3, -0.25) is 0 Å². The van der Waals surface area contributed by atoms with Crippen molar-refractivity contribution in [1.29, 1.82) is 0 Å². The van der Waals surface area contributed by atoms with E-state index in [2.05, 4.69) is 98.3 Å². The largest absolute Gasteiger partial charge is 0.330 e. The second kappa shape index (κ2) is 17.0. The molecule has 1 nitrogen and oxygen atoms in total. The minimum atomic E-state index is 0.318. The molecule has 268 valence electrons. The van der Waals surface area contributed by atoms with Crippen LogP contribution in [0.15, 0.2) is 23.3 Å². The van der Waals surface area contributed by atoms with Crippen LogP contribution in [0, 0.1) is 69.5 Å². The van der Waals surface area contributed by atoms with Gasteiger partial charge in [0.2, 0.25) is 0 Å². The van der Waals surface area contributed by atoms with Gasteiger partial charge in [-0.05, 0) is 179 Å². The van der Waals surface area contributed by atoms with Crippen LogP contribution in [0.1, 0.15) is 160 Å². The molecule has 0 aromatic heterocycles. The summed E-state index contributed by atoms with van der Waals surface area (Å²) in [6.07, 6.45) is 19.8. The molecule has 12 unspecified atom stereocenters. The van der Waals surface area contributed by atoms with Gasteiger partial charge in [0.05, 0.1) is 0 Å². The number of hydrogen-bond acceptors (Lipinski definition) is 1. The summed E-state index contributed by atoms with van der Waals surface area (Å²) < 4.78 is 0. The molecule has 0 bridgehead atoms. The van der Waals surface area contributed by atoms with Crippen LogP contribution in [-0.2, 0) is 0 Å². The van der Waals surface area contributed by atoms with Crippen molar-refractivity contribution in [3.63, 3.8) is 0 Å². The predicted octanol–water partition coefficient (Wildman–Crippen LogP) is 13.5. The second-order valence-electron chi connectivity index (χ2n) is 18.7. The van der Waals surface area contributed by atoms with Crippen LogP contribution in [0.3, 0.4) is 0 Å². The Kier molecular flexibility index (Phi) is 15.1. The molecule has 4 rings (SSSR count). The van der Waals surface area contributed by atoms with Gasteiger partial charge in [-0.1, -0.05) is 100 Å². The topological polar surface area (TPSA) is 26.0 Å². The SMILES string of the molecule is C=C(C)/C(CC1CCC2(C)C3CCC4(C)C(CCC4[C@H](C)CCC(C)C(C)C)C3CCC2(C)C1)=C(/C)C(C)CCN.CCP(C)P. The third-order valence-electron chi connectivity index (χ3n) is 15.8. The Morgan fingerprint density at radius 1 is 0.891 bits per heavy atom. The Hall–Kier alpha value is 0.300. The Labute approximate surface area is 293 Å². The van der Waals surface area contributed by atoms with Crippen molar-refractivity contribution in [1.82, 2.24) is 0 Å². The highest BCUT2D eigenvalue weighted by atomic mass is 32.0. The van der Waals surface area contributed by atoms with Gasteiger partial charge in [0, 0.05) is 0 Å². The Morgan fingerprint density at radius 2 is 1.54 bits per heavy atom. The number of fused-ring (bicyclic) bond motifs is 5. The summed E-state index contributed by atoms with van der Waals surface area (Å²) in [6, 6.07) is 0. The van der Waals surface area contributed by atoms with E-state index in [0.29, 0.717) is 29.8 Å². The molecular formula is C43H81NP2. The zero-order chi connectivity index (χ0) is 34.6. The van der Waals surface area contributed by atoms with Crippen molar-refractivity contribution in [3.05, 3.63) is 23.3 Å². The van der Waals surface area contributed by atoms with Crippen LogP contribution in [-0.4, -0.2) is 19.4 Å². The lowest BCUT2D eigenvalue weighted by Crippen LogP contribution is -2.57. The Balaban J connectivity index is 0.00000107. The third-order valence-corrected chi connectivity index (χ3v) is 17.9. The average Bonchev–Trinajstić information content (AvgIpc) is 3.36. The van der Waals surface area contributed by atoms with Crippen molar-refractivity contribution in [2.75, 3.05) is 19.4 Å². The molecule has 0 aromatic carbocycles. The van der Waals surface area contributed by atoms with E-state index in [4.69, 9.17) is 5.73 Å². The zero-order valence-corrected chi connectivity index (χ0v) is 35.2. The third kappa shape index (κ3) is 8.77. The van der Waals surface area contributed by atoms with Gasteiger partial charge in [0.1, 0.15) is 0 Å². The smallest absolute Gasteiger partial charge is 0.00717 e. The molecule has 0 heterocycles. The van der Waals surface area contributed by atoms with E-state index in [9.17, 15) is 0 Å². The number of nitrogens with two attached hydrogens (primary N) is 1. The van der Waals surface area contributed by atoms with Gasteiger partial charge < -0.3 is 5.73 Å². The van der Waals surface area contributed by atoms with Crippen molar-refractivity contribution in [3.8, 4) is 0 Å². The monoisotopic (exact) mass is 674 g/mol. The van der Waals surface area contributed by atoms with Crippen molar-refractivity contribution >= 4 is 16.5 Å². The van der Waals surface area contributed by atoms with E-state index < -0.39 is 0 Å². The van der Waals surface area contributed by atoms with Crippen LogP contribution in [0.2, 0.25) is 0 Å². The molecule has 2 N–H and O–H groups in total. The van der Waals surface area contributed by atoms with Gasteiger partial charge in [-0.2, -0.15) is 0 Å². The molecule has 46 heavy (non-hydrogen) atoms. The molecule has 13 atom stereocenters. The minimum Gasteiger partial charge on any atom is -0.330 e. The van der Waals surface area contributed by atoms with Crippen LogP contribution in [0.5, 0.6) is 0 Å². The summed E-state index contributed by atoms with van der Waals surface area (Å²) in [4.78, 5) is 0. The highest BCUT2D eigenvalue weighted by molar-refractivity contribution is 8.13. The molecular weight excluding hydrogens is 592 g/mol. The lowest BCUT2D eigenvalue weighted by molar-refractivity contribution is -0.163. The molecule has 0 aromatic rings. The molecule has 4 fully saturated rings. The van der Waals surface area contributed by atoms with E-state index in [-0.39, 0.29) is 0 Å². The summed E-state index contributed by atoms with van der Waals surface area (Å²) in [5, 5.41) is 0. The first-order chi connectivity index (χ1) is 21.5. The Bertz CT molecular complexity index is 1010. The van der Waals surface area contributed by atoms with Gasteiger partial charge in [-0.25, -0.2) is 0 Å². The van der Waals surface area contributed by atoms with E-state index in [0.717, 1.165) is 60.3 Å². The average molecular weight is 674 g/mol. The maximum Gasteiger partial charge on any atom is -0.00717 e. The molecule has 0 saturated heterocycles. The van der Waals surface area contributed by atoms with Crippen molar-refractivity contribution in [2.24, 2.45) is 75.2 Å². The standard InChI is InChI=1S/C40H71N.C3H10P2/c1-26(2)28(5)12-13-30(7)35-14-15-36-33-17-20-38(9)25-32(24-34(27(3)4)31(8)29(6)19-23-41)16-22-40(38,11)37(33)18-21-39(35,36)10;1-3-5(2)4/h26,28-30,32-33,35-37H,3,12-25,41H2,1-2,4-11H3;3-4H2,1-2H3/b34-31-;/t28?,29?,30-,32?,33?,35?,36?,37?,38?,39?,40?;/m1./s1. The summed E-state index contributed by atoms with van der Waals surface area (Å²) in [6.45, 7) is 34.9. The quantitative estimate of drug-likeness (QED) is 0.162. The molecule has 0 radical (unpaired) electrons. The molecule has 0 aliphatic heterocycles. The van der Waals surface area contributed by atoms with Crippen LogP contribution < -0.4 is 5.73 Å². The maximum absolute atomic E-state index is 5.94. The summed E-state index contributed by atoms with van der Waals surface area (Å²) in [5.41, 5.74) is 12.0. The first-order valence-electron chi connectivity index (χ1n) is 20.0. The molecule has 4 aliphatic carbocycles. The fourth-order valence-electron chi connectivity index (χ4n) is 11.7. The Morgan fingerprint density at radius 3 is 2.11 bits per heavy atom. The number of hydrogen-bond donors (Lipinski definition) is 1. The lowest BCUT2D eigenvalue weighted by Gasteiger charge is -2.65. The van der Waals surface area contributed by atoms with Crippen molar-refractivity contribution in [2.45, 2.75) is 160 Å². The zero-order valence-electron chi connectivity index (χ0n) is 33.1. The molecule has 0 amide bonds. The number of rotatable bonds is 12.